The molecule has 2 atom stereocenters. The van der Waals surface area contributed by atoms with Gasteiger partial charge in [0.25, 0.3) is 11.8 Å². The molecule has 0 radical (unpaired) electrons. The number of carbonyl (C=O) groups is 4. The highest BCUT2D eigenvalue weighted by molar-refractivity contribution is 8.00. The number of aliphatic carboxylic acids is 1. The van der Waals surface area contributed by atoms with Crippen molar-refractivity contribution >= 4 is 64.0 Å². The van der Waals surface area contributed by atoms with Crippen molar-refractivity contribution in [1.82, 2.24) is 19.9 Å². The smallest absolute Gasteiger partial charge is 0.352 e. The second-order valence-corrected chi connectivity index (χ2v) is 10.2. The van der Waals surface area contributed by atoms with Crippen LogP contribution in [0.3, 0.4) is 0 Å². The molecule has 1 fully saturated rings. The van der Waals surface area contributed by atoms with Crippen LogP contribution in [0.4, 0.5) is 10.9 Å². The Bertz CT molecular complexity index is 1330. The third-order valence-electron chi connectivity index (χ3n) is 6.06. The Morgan fingerprint density at radius 2 is 2.30 bits per heavy atom. The van der Waals surface area contributed by atoms with Crippen LogP contribution in [-0.4, -0.2) is 80.4 Å². The van der Waals surface area contributed by atoms with Gasteiger partial charge in [-0.3, -0.25) is 19.3 Å². The van der Waals surface area contributed by atoms with Gasteiger partial charge in [-0.2, -0.15) is 0 Å². The van der Waals surface area contributed by atoms with Crippen LogP contribution in [0, 0.1) is 0 Å². The number of thioether (sulfide) groups is 1. The van der Waals surface area contributed by atoms with E-state index in [0.717, 1.165) is 36.7 Å². The molecule has 16 heteroatoms. The predicted octanol–water partition coefficient (Wildman–Crippen LogP) is -0.595. The molecule has 0 saturated carbocycles. The van der Waals surface area contributed by atoms with Crippen LogP contribution in [-0.2, 0) is 37.1 Å². The van der Waals surface area contributed by atoms with Crippen LogP contribution >= 0.6 is 23.1 Å². The van der Waals surface area contributed by atoms with Gasteiger partial charge in [-0.15, -0.1) is 32.5 Å². The molecule has 14 nitrogen and oxygen atoms in total. The van der Waals surface area contributed by atoms with Crippen LogP contribution in [0.15, 0.2) is 34.1 Å². The third-order valence-corrected chi connectivity index (χ3v) is 8.17. The first-order valence-corrected chi connectivity index (χ1v) is 13.2. The topological polar surface area (TPSA) is 171 Å². The van der Waals surface area contributed by atoms with Gasteiger partial charge in [-0.05, 0) is 6.42 Å². The molecule has 0 aromatic carbocycles. The zero-order valence-corrected chi connectivity index (χ0v) is 21.2. The fraction of sp³-hybridized carbons (Fsp3) is 0.381. The van der Waals surface area contributed by atoms with Gasteiger partial charge in [0, 0.05) is 23.3 Å². The Morgan fingerprint density at radius 3 is 3.05 bits per heavy atom. The minimum absolute atomic E-state index is 0.0547. The molecule has 5 rings (SSSR count). The third kappa shape index (κ3) is 4.53. The summed E-state index contributed by atoms with van der Waals surface area (Å²) < 4.78 is 4.00. The fourth-order valence-electron chi connectivity index (χ4n) is 4.45. The Labute approximate surface area is 218 Å². The lowest BCUT2D eigenvalue weighted by Crippen LogP contribution is -2.71. The van der Waals surface area contributed by atoms with E-state index in [1.165, 1.54) is 29.2 Å². The van der Waals surface area contributed by atoms with Gasteiger partial charge in [0.15, 0.2) is 29.4 Å². The lowest BCUT2D eigenvalue weighted by molar-refractivity contribution is -0.768. The number of β-lactam (4-membered cyclic amide) rings is 1. The molecule has 2 aromatic heterocycles. The number of carboxylic acids is 1. The summed E-state index contributed by atoms with van der Waals surface area (Å²) in [6.45, 7) is 2.03. The first-order chi connectivity index (χ1) is 17.9. The molecule has 3 aliphatic rings. The second kappa shape index (κ2) is 10.2. The fourth-order valence-corrected chi connectivity index (χ4v) is 6.44. The number of carboxylic acid groups (broad SMARTS) is 1. The van der Waals surface area contributed by atoms with Crippen molar-refractivity contribution in [1.29, 1.82) is 0 Å². The highest BCUT2D eigenvalue weighted by atomic mass is 32.2. The van der Waals surface area contributed by atoms with Crippen molar-refractivity contribution in [3.8, 4) is 0 Å². The summed E-state index contributed by atoms with van der Waals surface area (Å²) in [5, 5.41) is 23.2. The zero-order chi connectivity index (χ0) is 26.1. The normalized spacial score (nSPS) is 20.8. The van der Waals surface area contributed by atoms with Crippen molar-refractivity contribution in [3.63, 3.8) is 0 Å². The Morgan fingerprint density at radius 1 is 1.46 bits per heavy atom. The minimum atomic E-state index is -1.19. The summed E-state index contributed by atoms with van der Waals surface area (Å²) >= 11 is 2.47. The maximum Gasteiger partial charge on any atom is 0.352 e. The van der Waals surface area contributed by atoms with E-state index >= 15 is 0 Å². The molecule has 4 N–H and O–H groups in total. The minimum Gasteiger partial charge on any atom is -0.477 e. The van der Waals surface area contributed by atoms with Crippen molar-refractivity contribution in [2.45, 2.75) is 30.9 Å². The molecule has 194 valence electrons. The molecule has 5 heterocycles. The number of anilines is 2. The predicted molar refractivity (Wildman–Crippen MR) is 133 cm³/mol. The van der Waals surface area contributed by atoms with Gasteiger partial charge >= 0.3 is 5.97 Å². The van der Waals surface area contributed by atoms with Gasteiger partial charge in [0.2, 0.25) is 6.41 Å². The molecular formula is C21H23N8O6S2+. The molecule has 3 aliphatic heterocycles. The van der Waals surface area contributed by atoms with Crippen molar-refractivity contribution < 1.29 is 33.8 Å². The monoisotopic (exact) mass is 547 g/mol. The maximum absolute atomic E-state index is 13.1. The Hall–Kier alpha value is -3.92. The first-order valence-electron chi connectivity index (χ1n) is 11.2. The molecule has 0 unspecified atom stereocenters. The highest BCUT2D eigenvalue weighted by Gasteiger charge is 2.55. The van der Waals surface area contributed by atoms with E-state index in [1.54, 1.807) is 0 Å². The molecule has 2 aromatic rings. The summed E-state index contributed by atoms with van der Waals surface area (Å²) in [6, 6.07) is 0.998. The number of nitrogens with zero attached hydrogens (tertiary/aromatic N) is 5. The van der Waals surface area contributed by atoms with Crippen LogP contribution in [0.5, 0.6) is 0 Å². The van der Waals surface area contributed by atoms with E-state index in [4.69, 9.17) is 4.84 Å². The van der Waals surface area contributed by atoms with E-state index in [-0.39, 0.29) is 22.2 Å². The first kappa shape index (κ1) is 24.8. The molecule has 3 amide bonds. The SMILES string of the molecule is CON=C(C(=O)N[C@@H]1C(=O)N2C(C(=O)O)=C(C[n+]3ccc4n3CCCN4)CS[C@H]12)c1csc(NC=O)n1. The number of rotatable bonds is 9. The number of oxime groups is 1. The average Bonchev–Trinajstić information content (AvgIpc) is 3.52. The highest BCUT2D eigenvalue weighted by Crippen LogP contribution is 2.40. The number of hydrogen-bond donors (Lipinski definition) is 4. The standard InChI is InChI=1S/C21H22N8O6S2/c1-35-26-14(12-9-37-21(24-12)23-10-30)17(31)25-15-18(32)29-16(20(33)34)11(8-36-19(15)29)7-27-6-3-13-22-4-2-5-28(13)27/h3,6,9-10,15,19H,2,4-5,7-8H2,1H3,(H3,23,24,25,30,31,33,34)/p+1/t15-,19-/m1/s1. The van der Waals surface area contributed by atoms with Gasteiger partial charge in [-0.25, -0.2) is 9.78 Å². The molecule has 1 saturated heterocycles. The van der Waals surface area contributed by atoms with E-state index < -0.39 is 29.2 Å². The van der Waals surface area contributed by atoms with Crippen LogP contribution in [0.2, 0.25) is 0 Å². The largest absolute Gasteiger partial charge is 0.477 e. The molecule has 0 spiro atoms. The van der Waals surface area contributed by atoms with Crippen molar-refractivity contribution in [2.24, 2.45) is 5.16 Å². The summed E-state index contributed by atoms with van der Waals surface area (Å²) in [5.41, 5.74) is 0.537. The van der Waals surface area contributed by atoms with Crippen molar-refractivity contribution in [2.75, 3.05) is 30.0 Å². The second-order valence-electron chi connectivity index (χ2n) is 8.24. The van der Waals surface area contributed by atoms with Crippen LogP contribution in [0.25, 0.3) is 0 Å². The molecular weight excluding hydrogens is 524 g/mol. The summed E-state index contributed by atoms with van der Waals surface area (Å²) in [4.78, 5) is 59.1. The maximum atomic E-state index is 13.1. The average molecular weight is 548 g/mol. The van der Waals surface area contributed by atoms with Gasteiger partial charge in [0.1, 0.15) is 29.9 Å². The molecule has 0 bridgehead atoms. The van der Waals surface area contributed by atoms with Crippen molar-refractivity contribution in [3.05, 3.63) is 34.6 Å². The number of carbonyl (C=O) groups excluding carboxylic acids is 3. The molecule has 0 aliphatic carbocycles. The Kier molecular flexibility index (Phi) is 6.84. The quantitative estimate of drug-likeness (QED) is 0.105. The lowest BCUT2D eigenvalue weighted by Gasteiger charge is -2.49. The summed E-state index contributed by atoms with van der Waals surface area (Å²) in [6.07, 6.45) is 3.31. The summed E-state index contributed by atoms with van der Waals surface area (Å²) in [7, 11) is 1.26. The van der Waals surface area contributed by atoms with Gasteiger partial charge in [0.05, 0.1) is 12.6 Å². The van der Waals surface area contributed by atoms with E-state index in [2.05, 4.69) is 30.8 Å². The van der Waals surface area contributed by atoms with Gasteiger partial charge < -0.3 is 25.9 Å². The number of fused-ring (bicyclic) bond motifs is 2. The zero-order valence-electron chi connectivity index (χ0n) is 19.5. The van der Waals surface area contributed by atoms with E-state index in [9.17, 15) is 24.3 Å². The van der Waals surface area contributed by atoms with Gasteiger partial charge in [-0.1, -0.05) is 5.16 Å². The van der Waals surface area contributed by atoms with E-state index in [1.807, 2.05) is 16.9 Å². The lowest BCUT2D eigenvalue weighted by atomic mass is 10.0. The molecule has 37 heavy (non-hydrogen) atoms. The number of aromatic nitrogens is 3. The summed E-state index contributed by atoms with van der Waals surface area (Å²) in [5.74, 6) is -1.08. The number of hydrogen-bond acceptors (Lipinski definition) is 10. The number of amides is 3. The number of nitrogens with one attached hydrogen (secondary N) is 3. The number of thiazole rings is 1. The van der Waals surface area contributed by atoms with E-state index in [0.29, 0.717) is 24.3 Å². The van der Waals surface area contributed by atoms with Crippen LogP contribution in [0.1, 0.15) is 12.1 Å². The Balaban J connectivity index is 1.33. The van der Waals surface area contributed by atoms with Crippen LogP contribution < -0.4 is 20.6 Å².